The van der Waals surface area contributed by atoms with Crippen LogP contribution in [0.5, 0.6) is 0 Å². The summed E-state index contributed by atoms with van der Waals surface area (Å²) in [4.78, 5) is 12.2. The first-order valence-electron chi connectivity index (χ1n) is 7.48. The van der Waals surface area contributed by atoms with E-state index >= 15 is 0 Å². The molecular weight excluding hydrogens is 208 g/mol. The largest absolute Gasteiger partial charge is 0.299 e. The summed E-state index contributed by atoms with van der Waals surface area (Å²) in [5.74, 6) is 1.35. The summed E-state index contributed by atoms with van der Waals surface area (Å²) < 4.78 is 0. The van der Waals surface area contributed by atoms with Gasteiger partial charge in [0.05, 0.1) is 0 Å². The SMILES string of the molecule is CCCCCCC1CCC(CC(C)(C)C)C1=O. The van der Waals surface area contributed by atoms with E-state index in [9.17, 15) is 4.79 Å². The first-order chi connectivity index (χ1) is 7.94. The lowest BCUT2D eigenvalue weighted by Gasteiger charge is -2.22. The van der Waals surface area contributed by atoms with Crippen LogP contribution in [0.1, 0.15) is 79.1 Å². The summed E-state index contributed by atoms with van der Waals surface area (Å²) in [6.07, 6.45) is 9.71. The zero-order valence-corrected chi connectivity index (χ0v) is 12.2. The van der Waals surface area contributed by atoms with Gasteiger partial charge in [0.25, 0.3) is 0 Å². The smallest absolute Gasteiger partial charge is 0.139 e. The minimum atomic E-state index is 0.303. The van der Waals surface area contributed by atoms with Crippen molar-refractivity contribution < 1.29 is 4.79 Å². The molecule has 0 amide bonds. The Morgan fingerprint density at radius 3 is 2.29 bits per heavy atom. The van der Waals surface area contributed by atoms with E-state index in [0.717, 1.165) is 25.7 Å². The molecule has 0 saturated heterocycles. The van der Waals surface area contributed by atoms with Crippen LogP contribution in [0.25, 0.3) is 0 Å². The van der Waals surface area contributed by atoms with Crippen molar-refractivity contribution in [3.63, 3.8) is 0 Å². The van der Waals surface area contributed by atoms with Crippen molar-refractivity contribution in [2.24, 2.45) is 17.3 Å². The summed E-state index contributed by atoms with van der Waals surface area (Å²) >= 11 is 0. The fourth-order valence-corrected chi connectivity index (χ4v) is 3.07. The number of ketones is 1. The van der Waals surface area contributed by atoms with Crippen LogP contribution in [-0.4, -0.2) is 5.78 Å². The molecule has 0 aromatic rings. The van der Waals surface area contributed by atoms with E-state index in [1.165, 1.54) is 25.7 Å². The van der Waals surface area contributed by atoms with E-state index in [4.69, 9.17) is 0 Å². The van der Waals surface area contributed by atoms with Crippen molar-refractivity contribution in [1.82, 2.24) is 0 Å². The Kier molecular flexibility index (Phi) is 5.69. The molecule has 1 aliphatic carbocycles. The Balaban J connectivity index is 2.29. The van der Waals surface area contributed by atoms with E-state index in [1.54, 1.807) is 0 Å². The molecule has 1 aliphatic rings. The second-order valence-electron chi connectivity index (χ2n) is 6.99. The van der Waals surface area contributed by atoms with Crippen LogP contribution in [-0.2, 0) is 4.79 Å². The Morgan fingerprint density at radius 2 is 1.71 bits per heavy atom. The van der Waals surface area contributed by atoms with E-state index in [1.807, 2.05) is 0 Å². The molecule has 0 aromatic carbocycles. The zero-order chi connectivity index (χ0) is 12.9. The maximum Gasteiger partial charge on any atom is 0.139 e. The standard InChI is InChI=1S/C16H30O/c1-5-6-7-8-9-13-10-11-14(15(13)17)12-16(2,3)4/h13-14H,5-12H2,1-4H3. The molecule has 0 radical (unpaired) electrons. The van der Waals surface area contributed by atoms with Gasteiger partial charge in [-0.1, -0.05) is 53.4 Å². The molecule has 1 heteroatoms. The second-order valence-corrected chi connectivity index (χ2v) is 6.99. The lowest BCUT2D eigenvalue weighted by molar-refractivity contribution is -0.124. The second kappa shape index (κ2) is 6.56. The monoisotopic (exact) mass is 238 g/mol. The van der Waals surface area contributed by atoms with Crippen LogP contribution < -0.4 is 0 Å². The summed E-state index contributed by atoms with van der Waals surface area (Å²) in [7, 11) is 0. The quantitative estimate of drug-likeness (QED) is 0.596. The molecule has 1 saturated carbocycles. The number of rotatable bonds is 6. The summed E-state index contributed by atoms with van der Waals surface area (Å²) in [5.41, 5.74) is 0.303. The molecule has 0 N–H and O–H groups in total. The fraction of sp³-hybridized carbons (Fsp3) is 0.938. The highest BCUT2D eigenvalue weighted by atomic mass is 16.1. The van der Waals surface area contributed by atoms with Gasteiger partial charge in [-0.3, -0.25) is 4.79 Å². The maximum absolute atomic E-state index is 12.2. The van der Waals surface area contributed by atoms with E-state index in [0.29, 0.717) is 23.0 Å². The van der Waals surface area contributed by atoms with Crippen LogP contribution in [0.4, 0.5) is 0 Å². The third-order valence-corrected chi connectivity index (χ3v) is 3.93. The van der Waals surface area contributed by atoms with Gasteiger partial charge in [-0.15, -0.1) is 0 Å². The van der Waals surface area contributed by atoms with Crippen LogP contribution >= 0.6 is 0 Å². The number of hydrogen-bond donors (Lipinski definition) is 0. The van der Waals surface area contributed by atoms with Gasteiger partial charge in [-0.25, -0.2) is 0 Å². The third kappa shape index (κ3) is 5.23. The Morgan fingerprint density at radius 1 is 1.06 bits per heavy atom. The lowest BCUT2D eigenvalue weighted by atomic mass is 9.83. The van der Waals surface area contributed by atoms with Crippen LogP contribution in [0.3, 0.4) is 0 Å². The molecule has 0 heterocycles. The Bertz CT molecular complexity index is 236. The van der Waals surface area contributed by atoms with Gasteiger partial charge in [0.1, 0.15) is 5.78 Å². The van der Waals surface area contributed by atoms with Gasteiger partial charge >= 0.3 is 0 Å². The molecule has 2 unspecified atom stereocenters. The normalized spacial score (nSPS) is 25.5. The van der Waals surface area contributed by atoms with Crippen LogP contribution in [0.15, 0.2) is 0 Å². The molecule has 0 spiro atoms. The van der Waals surface area contributed by atoms with Gasteiger partial charge < -0.3 is 0 Å². The van der Waals surface area contributed by atoms with Crippen molar-refractivity contribution in [2.75, 3.05) is 0 Å². The minimum Gasteiger partial charge on any atom is -0.299 e. The van der Waals surface area contributed by atoms with E-state index in [2.05, 4.69) is 27.7 Å². The van der Waals surface area contributed by atoms with Gasteiger partial charge in [-0.05, 0) is 31.1 Å². The van der Waals surface area contributed by atoms with Crippen molar-refractivity contribution in [3.05, 3.63) is 0 Å². The first-order valence-corrected chi connectivity index (χ1v) is 7.48. The highest BCUT2D eigenvalue weighted by Crippen LogP contribution is 2.37. The molecule has 0 aromatic heterocycles. The number of carbonyl (C=O) groups excluding carboxylic acids is 1. The predicted molar refractivity (Wildman–Crippen MR) is 74.1 cm³/mol. The lowest BCUT2D eigenvalue weighted by Crippen LogP contribution is -2.19. The molecule has 1 nitrogen and oxygen atoms in total. The van der Waals surface area contributed by atoms with E-state index in [-0.39, 0.29) is 0 Å². The van der Waals surface area contributed by atoms with Crippen LogP contribution in [0.2, 0.25) is 0 Å². The number of unbranched alkanes of at least 4 members (excludes halogenated alkanes) is 3. The first kappa shape index (κ1) is 14.7. The maximum atomic E-state index is 12.2. The molecule has 1 rings (SSSR count). The van der Waals surface area contributed by atoms with Crippen molar-refractivity contribution >= 4 is 5.78 Å². The zero-order valence-electron chi connectivity index (χ0n) is 12.2. The van der Waals surface area contributed by atoms with E-state index < -0.39 is 0 Å². The molecule has 100 valence electrons. The summed E-state index contributed by atoms with van der Waals surface area (Å²) in [6.45, 7) is 8.97. The Hall–Kier alpha value is -0.330. The molecule has 2 atom stereocenters. The van der Waals surface area contributed by atoms with Gasteiger partial charge in [0.15, 0.2) is 0 Å². The summed E-state index contributed by atoms with van der Waals surface area (Å²) in [6, 6.07) is 0. The molecule has 17 heavy (non-hydrogen) atoms. The van der Waals surface area contributed by atoms with Crippen molar-refractivity contribution in [1.29, 1.82) is 0 Å². The predicted octanol–water partition coefficient (Wildman–Crippen LogP) is 4.99. The average Bonchev–Trinajstić information content (AvgIpc) is 2.54. The topological polar surface area (TPSA) is 17.1 Å². The molecule has 0 aliphatic heterocycles. The number of Topliss-reactive ketones (excluding diaryl/α,β-unsaturated/α-hetero) is 1. The van der Waals surface area contributed by atoms with Crippen LogP contribution in [0, 0.1) is 17.3 Å². The van der Waals surface area contributed by atoms with Gasteiger partial charge in [-0.2, -0.15) is 0 Å². The fourth-order valence-electron chi connectivity index (χ4n) is 3.07. The van der Waals surface area contributed by atoms with Crippen molar-refractivity contribution in [2.45, 2.75) is 79.1 Å². The number of carbonyl (C=O) groups is 1. The Labute approximate surface area is 107 Å². The highest BCUT2D eigenvalue weighted by Gasteiger charge is 2.35. The molecule has 0 bridgehead atoms. The highest BCUT2D eigenvalue weighted by molar-refractivity contribution is 5.85. The van der Waals surface area contributed by atoms with Gasteiger partial charge in [0, 0.05) is 11.8 Å². The third-order valence-electron chi connectivity index (χ3n) is 3.93. The molecule has 1 fully saturated rings. The van der Waals surface area contributed by atoms with Gasteiger partial charge in [0.2, 0.25) is 0 Å². The summed E-state index contributed by atoms with van der Waals surface area (Å²) in [5, 5.41) is 0. The average molecular weight is 238 g/mol. The molecular formula is C16H30O. The minimum absolute atomic E-state index is 0.303. The van der Waals surface area contributed by atoms with Crippen molar-refractivity contribution in [3.8, 4) is 0 Å². The number of hydrogen-bond acceptors (Lipinski definition) is 1.